The van der Waals surface area contributed by atoms with Crippen molar-refractivity contribution in [2.75, 3.05) is 26.4 Å². The van der Waals surface area contributed by atoms with Crippen molar-refractivity contribution in [1.82, 2.24) is 19.9 Å². The zero-order valence-electron chi connectivity index (χ0n) is 15.3. The Kier molecular flexibility index (Phi) is 7.25. The number of H-pyrrole nitrogens is 2. The largest absolute Gasteiger partial charge is 0.348 e. The molecule has 0 spiro atoms. The maximum absolute atomic E-state index is 6.53. The van der Waals surface area contributed by atoms with Gasteiger partial charge in [0.2, 0.25) is 7.05 Å². The summed E-state index contributed by atoms with van der Waals surface area (Å²) in [7, 11) is 16.4. The van der Waals surface area contributed by atoms with Crippen LogP contribution in [0.5, 0.6) is 0 Å². The molecular weight excluding hydrogens is 332 g/mol. The number of aryl methyl sites for hydroxylation is 2. The van der Waals surface area contributed by atoms with Crippen molar-refractivity contribution in [2.45, 2.75) is 31.9 Å². The van der Waals surface area contributed by atoms with Gasteiger partial charge in [0, 0.05) is 29.1 Å². The number of nitrogens with zero attached hydrogens (tertiary/aromatic N) is 4. The van der Waals surface area contributed by atoms with E-state index in [4.69, 9.17) is 14.1 Å². The van der Waals surface area contributed by atoms with Crippen LogP contribution in [0, 0.1) is 21.0 Å². The predicted molar refractivity (Wildman–Crippen MR) is 102 cm³/mol. The van der Waals surface area contributed by atoms with Gasteiger partial charge in [-0.05, 0) is 19.8 Å². The molecule has 1 unspecified atom stereocenters. The van der Waals surface area contributed by atoms with Crippen molar-refractivity contribution in [3.63, 3.8) is 0 Å². The summed E-state index contributed by atoms with van der Waals surface area (Å²) in [6.07, 6.45) is 8.06. The van der Waals surface area contributed by atoms with Crippen molar-refractivity contribution in [3.8, 4) is 0 Å². The summed E-state index contributed by atoms with van der Waals surface area (Å²) >= 11 is 1.84. The molecular formula is C18H28N6S+2. The van der Waals surface area contributed by atoms with Gasteiger partial charge >= 0.3 is 5.84 Å². The number of aromatic nitrogens is 4. The van der Waals surface area contributed by atoms with Crippen molar-refractivity contribution in [2.24, 2.45) is 0 Å². The molecule has 2 N–H and O–H groups in total. The van der Waals surface area contributed by atoms with Crippen LogP contribution in [0.4, 0.5) is 0 Å². The maximum Gasteiger partial charge on any atom is 0.339 e. The number of quaternary nitrogens is 1. The third kappa shape index (κ3) is 6.01. The second kappa shape index (κ2) is 9.20. The predicted octanol–water partition coefficient (Wildman–Crippen LogP) is 2.52. The van der Waals surface area contributed by atoms with E-state index in [1.807, 2.05) is 39.0 Å². The number of rotatable bonds is 9. The molecule has 0 aliphatic carbocycles. The molecule has 4 radical (unpaired) electrons. The summed E-state index contributed by atoms with van der Waals surface area (Å²) in [5.74, 6) is 2.86. The van der Waals surface area contributed by atoms with Crippen LogP contribution in [0.2, 0.25) is 0 Å². The van der Waals surface area contributed by atoms with Crippen molar-refractivity contribution in [3.05, 3.63) is 50.0 Å². The van der Waals surface area contributed by atoms with Crippen molar-refractivity contribution >= 4 is 17.6 Å². The number of hydrogen-bond acceptors (Lipinski definition) is 3. The third-order valence-corrected chi connectivity index (χ3v) is 5.22. The van der Waals surface area contributed by atoms with Gasteiger partial charge in [-0.3, -0.25) is 0 Å². The molecule has 2 aromatic rings. The summed E-state index contributed by atoms with van der Waals surface area (Å²) in [4.78, 5) is 14.6. The monoisotopic (exact) mass is 360 g/mol. The second-order valence-corrected chi connectivity index (χ2v) is 7.58. The van der Waals surface area contributed by atoms with E-state index in [1.165, 1.54) is 0 Å². The van der Waals surface area contributed by atoms with E-state index >= 15 is 0 Å². The highest BCUT2D eigenvalue weighted by Crippen LogP contribution is 2.16. The van der Waals surface area contributed by atoms with Crippen LogP contribution in [0.25, 0.3) is 0 Å². The average Bonchev–Trinajstić information content (AvgIpc) is 3.19. The summed E-state index contributed by atoms with van der Waals surface area (Å²) in [5.41, 5.74) is 3.37. The van der Waals surface area contributed by atoms with Gasteiger partial charge in [-0.2, -0.15) is 4.58 Å². The van der Waals surface area contributed by atoms with Gasteiger partial charge in [0.15, 0.2) is 0 Å². The number of imidazole rings is 2. The fourth-order valence-electron chi connectivity index (χ4n) is 2.74. The molecule has 134 valence electrons. The summed E-state index contributed by atoms with van der Waals surface area (Å²) in [5, 5.41) is 0. The molecule has 25 heavy (non-hydrogen) atoms. The molecule has 0 amide bonds. The Morgan fingerprint density at radius 2 is 2.16 bits per heavy atom. The average molecular weight is 361 g/mol. The Morgan fingerprint density at radius 3 is 2.76 bits per heavy atom. The van der Waals surface area contributed by atoms with E-state index in [0.717, 1.165) is 60.2 Å². The highest BCUT2D eigenvalue weighted by atomic mass is 32.2. The first-order valence-electron chi connectivity index (χ1n) is 8.43. The fraction of sp³-hybridized carbons (Fsp3) is 0.500. The first-order chi connectivity index (χ1) is 11.9. The molecule has 0 saturated carbocycles. The molecule has 2 aromatic heterocycles. The van der Waals surface area contributed by atoms with E-state index in [2.05, 4.69) is 19.9 Å². The van der Waals surface area contributed by atoms with Gasteiger partial charge in [0.25, 0.3) is 7.05 Å². The summed E-state index contributed by atoms with van der Waals surface area (Å²) in [6.45, 7) is 2.86. The standard InChI is InChI=1S/C18H28N6S/c1-15-17(22-14-20-15)12-25-10-9-24(4,5)18(23(2)3)8-6-7-16-11-19-13-21-16/h2,4,11,13-14H,6-10,12H2,1,3,5H3,(H,19,21)(H,20,22)/q+2. The Labute approximate surface area is 155 Å². The lowest BCUT2D eigenvalue weighted by Gasteiger charge is -2.25. The van der Waals surface area contributed by atoms with E-state index in [0.29, 0.717) is 4.48 Å². The van der Waals surface area contributed by atoms with Crippen LogP contribution in [-0.4, -0.2) is 61.2 Å². The van der Waals surface area contributed by atoms with Crippen LogP contribution >= 0.6 is 11.8 Å². The number of thioether (sulfide) groups is 1. The lowest BCUT2D eigenvalue weighted by molar-refractivity contribution is -0.796. The number of aromatic amines is 2. The van der Waals surface area contributed by atoms with Crippen LogP contribution in [-0.2, 0) is 12.2 Å². The molecule has 1 atom stereocenters. The first kappa shape index (κ1) is 19.7. The minimum absolute atomic E-state index is 0.308. The topological polar surface area (TPSA) is 60.4 Å². The van der Waals surface area contributed by atoms with E-state index in [1.54, 1.807) is 17.2 Å². The number of amidine groups is 1. The zero-order valence-corrected chi connectivity index (χ0v) is 16.1. The smallest absolute Gasteiger partial charge is 0.339 e. The molecule has 2 rings (SSSR count). The number of hydrogen-bond donors (Lipinski definition) is 2. The molecule has 0 bridgehead atoms. The molecule has 0 aromatic carbocycles. The lowest BCUT2D eigenvalue weighted by atomic mass is 10.1. The van der Waals surface area contributed by atoms with Crippen molar-refractivity contribution in [1.29, 1.82) is 0 Å². The molecule has 0 aliphatic rings. The van der Waals surface area contributed by atoms with E-state index in [-0.39, 0.29) is 0 Å². The fourth-order valence-corrected chi connectivity index (χ4v) is 3.87. The highest BCUT2D eigenvalue weighted by molar-refractivity contribution is 7.98. The van der Waals surface area contributed by atoms with Gasteiger partial charge in [0.05, 0.1) is 38.4 Å². The van der Waals surface area contributed by atoms with E-state index < -0.39 is 0 Å². The maximum atomic E-state index is 6.53. The molecule has 6 nitrogen and oxygen atoms in total. The van der Waals surface area contributed by atoms with Gasteiger partial charge < -0.3 is 9.97 Å². The molecule has 0 fully saturated rings. The van der Waals surface area contributed by atoms with Gasteiger partial charge in [-0.25, -0.2) is 14.5 Å². The molecule has 0 saturated heterocycles. The van der Waals surface area contributed by atoms with Crippen LogP contribution in [0.15, 0.2) is 18.9 Å². The summed E-state index contributed by atoms with van der Waals surface area (Å²) in [6, 6.07) is 0. The zero-order chi connectivity index (χ0) is 18.3. The van der Waals surface area contributed by atoms with Gasteiger partial charge in [0.1, 0.15) is 7.05 Å². The molecule has 7 heteroatoms. The van der Waals surface area contributed by atoms with Crippen molar-refractivity contribution < 1.29 is 9.06 Å². The van der Waals surface area contributed by atoms with Gasteiger partial charge in [-0.15, -0.1) is 11.8 Å². The van der Waals surface area contributed by atoms with Crippen LogP contribution < -0.4 is 0 Å². The van der Waals surface area contributed by atoms with Gasteiger partial charge in [-0.1, -0.05) is 0 Å². The first-order valence-corrected chi connectivity index (χ1v) is 9.58. The minimum Gasteiger partial charge on any atom is -0.348 e. The third-order valence-electron chi connectivity index (χ3n) is 4.27. The lowest BCUT2D eigenvalue weighted by Crippen LogP contribution is -2.48. The Hall–Kier alpha value is -1.60. The minimum atomic E-state index is 0.308. The second-order valence-electron chi connectivity index (χ2n) is 6.48. The van der Waals surface area contributed by atoms with Crippen LogP contribution in [0.1, 0.15) is 29.9 Å². The van der Waals surface area contributed by atoms with E-state index in [9.17, 15) is 0 Å². The quantitative estimate of drug-likeness (QED) is 0.180. The highest BCUT2D eigenvalue weighted by Gasteiger charge is 2.31. The molecule has 0 aliphatic heterocycles. The SMILES string of the molecule is [CH][N+](C)=C(CCCc1cnc[nH]1)[N+]([CH])(C)CCSCc1nc[nH]c1C. The van der Waals surface area contributed by atoms with Crippen LogP contribution in [0.3, 0.4) is 0 Å². The Morgan fingerprint density at radius 1 is 1.36 bits per heavy atom. The Balaban J connectivity index is 1.81. The normalized spacial score (nSPS) is 13.2. The number of nitrogens with one attached hydrogen (secondary N) is 2. The summed E-state index contributed by atoms with van der Waals surface area (Å²) < 4.78 is 1.97. The molecule has 2 heterocycles. The Bertz CT molecular complexity index is 668.